The Balaban J connectivity index is 2.26. The fourth-order valence-electron chi connectivity index (χ4n) is 1.76. The quantitative estimate of drug-likeness (QED) is 0.738. The normalized spacial score (nSPS) is 10.8. The van der Waals surface area contributed by atoms with Crippen molar-refractivity contribution >= 4 is 11.1 Å². The number of aromatic nitrogens is 1. The lowest BCUT2D eigenvalue weighted by molar-refractivity contribution is 0.497. The summed E-state index contributed by atoms with van der Waals surface area (Å²) in [6.07, 6.45) is 1.85. The molecule has 16 heavy (non-hydrogen) atoms. The first kappa shape index (κ1) is 10.7. The van der Waals surface area contributed by atoms with E-state index in [4.69, 9.17) is 4.42 Å². The van der Waals surface area contributed by atoms with E-state index < -0.39 is 0 Å². The van der Waals surface area contributed by atoms with Crippen LogP contribution in [0, 0.1) is 0 Å². The van der Waals surface area contributed by atoms with Gasteiger partial charge in [-0.3, -0.25) is 4.57 Å². The monoisotopic (exact) mass is 217 g/mol. The van der Waals surface area contributed by atoms with Gasteiger partial charge in [0.2, 0.25) is 0 Å². The number of aryl methyl sites for hydroxylation is 1. The molecule has 0 bridgehead atoms. The van der Waals surface area contributed by atoms with E-state index in [1.165, 1.54) is 0 Å². The van der Waals surface area contributed by atoms with E-state index >= 15 is 0 Å². The maximum absolute atomic E-state index is 11.6. The number of para-hydroxylation sites is 2. The molecule has 0 aliphatic heterocycles. The molecule has 0 aliphatic rings. The van der Waals surface area contributed by atoms with Gasteiger partial charge in [-0.2, -0.15) is 0 Å². The van der Waals surface area contributed by atoms with Gasteiger partial charge in [0.15, 0.2) is 5.58 Å². The predicted octanol–water partition coefficient (Wildman–Crippen LogP) is 2.95. The molecule has 0 amide bonds. The summed E-state index contributed by atoms with van der Waals surface area (Å²) < 4.78 is 6.82. The number of benzene rings is 1. The van der Waals surface area contributed by atoms with Crippen LogP contribution in [0.5, 0.6) is 0 Å². The third-order valence-corrected chi connectivity index (χ3v) is 2.56. The second kappa shape index (κ2) is 4.39. The zero-order chi connectivity index (χ0) is 11.5. The highest BCUT2D eigenvalue weighted by Crippen LogP contribution is 2.13. The smallest absolute Gasteiger partial charge is 0.408 e. The minimum absolute atomic E-state index is 0.275. The van der Waals surface area contributed by atoms with Crippen molar-refractivity contribution in [2.24, 2.45) is 0 Å². The standard InChI is InChI=1S/C13H15NO2/c1-10(2)6-5-9-14-11-7-3-4-8-12(11)16-13(14)15/h3-4,7-8H,1,5-6,9H2,2H3. The topological polar surface area (TPSA) is 35.1 Å². The Hall–Kier alpha value is -1.77. The van der Waals surface area contributed by atoms with Crippen molar-refractivity contribution in [3.8, 4) is 0 Å². The van der Waals surface area contributed by atoms with Crippen LogP contribution in [-0.2, 0) is 6.54 Å². The molecule has 2 aromatic rings. The summed E-state index contributed by atoms with van der Waals surface area (Å²) in [5.74, 6) is -0.275. The van der Waals surface area contributed by atoms with Crippen molar-refractivity contribution in [1.82, 2.24) is 4.57 Å². The third kappa shape index (κ3) is 2.08. The highest BCUT2D eigenvalue weighted by atomic mass is 16.4. The maximum atomic E-state index is 11.6. The lowest BCUT2D eigenvalue weighted by Gasteiger charge is -2.01. The molecule has 0 spiro atoms. The number of fused-ring (bicyclic) bond motifs is 1. The second-order valence-corrected chi connectivity index (χ2v) is 4.05. The van der Waals surface area contributed by atoms with Crippen molar-refractivity contribution in [3.63, 3.8) is 0 Å². The van der Waals surface area contributed by atoms with E-state index in [1.807, 2.05) is 31.2 Å². The fraction of sp³-hybridized carbons (Fsp3) is 0.308. The van der Waals surface area contributed by atoms with Gasteiger partial charge in [0.05, 0.1) is 5.52 Å². The van der Waals surface area contributed by atoms with E-state index in [-0.39, 0.29) is 5.76 Å². The molecule has 0 aliphatic carbocycles. The van der Waals surface area contributed by atoms with Crippen LogP contribution in [0.2, 0.25) is 0 Å². The summed E-state index contributed by atoms with van der Waals surface area (Å²) >= 11 is 0. The molecule has 2 rings (SSSR count). The molecular formula is C13H15NO2. The molecule has 1 aromatic carbocycles. The van der Waals surface area contributed by atoms with Crippen LogP contribution in [0.25, 0.3) is 11.1 Å². The number of oxazole rings is 1. The Labute approximate surface area is 94.0 Å². The van der Waals surface area contributed by atoms with E-state index in [0.717, 1.165) is 23.9 Å². The Morgan fingerprint density at radius 1 is 1.44 bits per heavy atom. The minimum atomic E-state index is -0.275. The molecule has 3 heteroatoms. The SMILES string of the molecule is C=C(C)CCCn1c(=O)oc2ccccc21. The molecule has 0 unspecified atom stereocenters. The first-order chi connectivity index (χ1) is 7.68. The average Bonchev–Trinajstić information content (AvgIpc) is 2.55. The van der Waals surface area contributed by atoms with Gasteiger partial charge in [-0.25, -0.2) is 4.79 Å². The van der Waals surface area contributed by atoms with Crippen LogP contribution in [0.3, 0.4) is 0 Å². The first-order valence-corrected chi connectivity index (χ1v) is 5.41. The number of hydrogen-bond acceptors (Lipinski definition) is 2. The largest absolute Gasteiger partial charge is 0.419 e. The number of rotatable bonds is 4. The average molecular weight is 217 g/mol. The van der Waals surface area contributed by atoms with E-state index in [1.54, 1.807) is 4.57 Å². The lowest BCUT2D eigenvalue weighted by atomic mass is 10.2. The summed E-state index contributed by atoms with van der Waals surface area (Å²) in [5.41, 5.74) is 2.66. The Bertz CT molecular complexity index is 563. The van der Waals surface area contributed by atoms with Gasteiger partial charge in [-0.05, 0) is 31.9 Å². The molecule has 84 valence electrons. The summed E-state index contributed by atoms with van der Waals surface area (Å²) in [6, 6.07) is 7.49. The number of allylic oxidation sites excluding steroid dienone is 1. The van der Waals surface area contributed by atoms with E-state index in [0.29, 0.717) is 12.1 Å². The molecule has 0 radical (unpaired) electrons. The fourth-order valence-corrected chi connectivity index (χ4v) is 1.76. The molecule has 1 aromatic heterocycles. The molecule has 0 N–H and O–H groups in total. The molecule has 0 atom stereocenters. The third-order valence-electron chi connectivity index (χ3n) is 2.56. The van der Waals surface area contributed by atoms with Crippen LogP contribution >= 0.6 is 0 Å². The van der Waals surface area contributed by atoms with Crippen LogP contribution in [0.15, 0.2) is 45.6 Å². The molecule has 0 saturated carbocycles. The number of nitrogens with zero attached hydrogens (tertiary/aromatic N) is 1. The molecule has 0 saturated heterocycles. The van der Waals surface area contributed by atoms with Gasteiger partial charge in [-0.15, -0.1) is 6.58 Å². The molecule has 3 nitrogen and oxygen atoms in total. The van der Waals surface area contributed by atoms with Gasteiger partial charge in [0, 0.05) is 6.54 Å². The molecular weight excluding hydrogens is 202 g/mol. The summed E-state index contributed by atoms with van der Waals surface area (Å²) in [7, 11) is 0. The van der Waals surface area contributed by atoms with Gasteiger partial charge in [0.1, 0.15) is 0 Å². The Kier molecular flexibility index (Phi) is 2.95. The Morgan fingerprint density at radius 3 is 2.94 bits per heavy atom. The zero-order valence-corrected chi connectivity index (χ0v) is 9.40. The predicted molar refractivity (Wildman–Crippen MR) is 64.5 cm³/mol. The maximum Gasteiger partial charge on any atom is 0.419 e. The van der Waals surface area contributed by atoms with E-state index in [2.05, 4.69) is 6.58 Å². The van der Waals surface area contributed by atoms with Crippen LogP contribution in [0.1, 0.15) is 19.8 Å². The van der Waals surface area contributed by atoms with Crippen molar-refractivity contribution in [2.75, 3.05) is 0 Å². The zero-order valence-electron chi connectivity index (χ0n) is 9.40. The highest BCUT2D eigenvalue weighted by Gasteiger charge is 2.07. The minimum Gasteiger partial charge on any atom is -0.408 e. The van der Waals surface area contributed by atoms with Crippen LogP contribution < -0.4 is 5.76 Å². The van der Waals surface area contributed by atoms with E-state index in [9.17, 15) is 4.79 Å². The lowest BCUT2D eigenvalue weighted by Crippen LogP contribution is -2.14. The Morgan fingerprint density at radius 2 is 2.19 bits per heavy atom. The summed E-state index contributed by atoms with van der Waals surface area (Å²) in [6.45, 7) is 6.53. The van der Waals surface area contributed by atoms with Crippen molar-refractivity contribution in [1.29, 1.82) is 0 Å². The first-order valence-electron chi connectivity index (χ1n) is 5.41. The van der Waals surface area contributed by atoms with Gasteiger partial charge in [-0.1, -0.05) is 17.7 Å². The van der Waals surface area contributed by atoms with Crippen molar-refractivity contribution in [3.05, 3.63) is 47.0 Å². The number of hydrogen-bond donors (Lipinski definition) is 0. The molecule has 1 heterocycles. The summed E-state index contributed by atoms with van der Waals surface area (Å²) in [5, 5.41) is 0. The van der Waals surface area contributed by atoms with Gasteiger partial charge >= 0.3 is 5.76 Å². The van der Waals surface area contributed by atoms with Crippen molar-refractivity contribution < 1.29 is 4.42 Å². The second-order valence-electron chi connectivity index (χ2n) is 4.05. The molecule has 0 fully saturated rings. The van der Waals surface area contributed by atoms with Crippen molar-refractivity contribution in [2.45, 2.75) is 26.3 Å². The summed E-state index contributed by atoms with van der Waals surface area (Å²) in [4.78, 5) is 11.6. The highest BCUT2D eigenvalue weighted by molar-refractivity contribution is 5.72. The van der Waals surface area contributed by atoms with Crippen LogP contribution in [0.4, 0.5) is 0 Å². The van der Waals surface area contributed by atoms with Crippen LogP contribution in [-0.4, -0.2) is 4.57 Å². The van der Waals surface area contributed by atoms with Gasteiger partial charge < -0.3 is 4.42 Å². The van der Waals surface area contributed by atoms with Gasteiger partial charge in [0.25, 0.3) is 0 Å².